The molecule has 5 nitrogen and oxygen atoms in total. The second-order valence-electron chi connectivity index (χ2n) is 10.3. The van der Waals surface area contributed by atoms with Gasteiger partial charge in [0.05, 0.1) is 25.1 Å². The third-order valence-corrected chi connectivity index (χ3v) is 8.35. The molecule has 4 aliphatic carbocycles. The molecular formula is C24H34N4O. The van der Waals surface area contributed by atoms with E-state index >= 15 is 0 Å². The molecule has 5 fully saturated rings. The third-order valence-electron chi connectivity index (χ3n) is 8.35. The minimum absolute atomic E-state index is 0.0445. The average molecular weight is 395 g/mol. The number of aromatic nitrogens is 1. The molecule has 5 aliphatic rings. The monoisotopic (exact) mass is 394 g/mol. The van der Waals surface area contributed by atoms with Gasteiger partial charge in [0.25, 0.3) is 0 Å². The Morgan fingerprint density at radius 1 is 1.24 bits per heavy atom. The zero-order chi connectivity index (χ0) is 20.0. The average Bonchev–Trinajstić information content (AvgIpc) is 3.29. The number of nitrogens with zero attached hydrogens (tertiary/aromatic N) is 4. The molecule has 156 valence electrons. The van der Waals surface area contributed by atoms with Crippen LogP contribution in [0, 0.1) is 29.1 Å². The van der Waals surface area contributed by atoms with E-state index in [2.05, 4.69) is 45.8 Å². The topological polar surface area (TPSA) is 52.3 Å². The molecule has 4 bridgehead atoms. The minimum Gasteiger partial charge on any atom is -0.353 e. The van der Waals surface area contributed by atoms with Crippen molar-refractivity contribution >= 4 is 5.91 Å². The summed E-state index contributed by atoms with van der Waals surface area (Å²) < 4.78 is 2.19. The number of amides is 1. The van der Waals surface area contributed by atoms with Gasteiger partial charge in [-0.1, -0.05) is 0 Å². The number of carbonyl (C=O) groups is 1. The molecule has 4 saturated carbocycles. The highest BCUT2D eigenvalue weighted by Gasteiger charge is 2.54. The van der Waals surface area contributed by atoms with Crippen molar-refractivity contribution in [3.05, 3.63) is 24.0 Å². The zero-order valence-corrected chi connectivity index (χ0v) is 17.7. The summed E-state index contributed by atoms with van der Waals surface area (Å²) in [6, 6.07) is 6.94. The van der Waals surface area contributed by atoms with Crippen LogP contribution in [0.4, 0.5) is 0 Å². The number of likely N-dealkylation sites (tertiary alicyclic amines) is 1. The first kappa shape index (κ1) is 19.2. The Morgan fingerprint density at radius 2 is 1.93 bits per heavy atom. The summed E-state index contributed by atoms with van der Waals surface area (Å²) in [4.78, 5) is 18.3. The van der Waals surface area contributed by atoms with Crippen LogP contribution in [0.1, 0.15) is 69.5 Å². The fourth-order valence-corrected chi connectivity index (χ4v) is 7.61. The smallest absolute Gasteiger partial charge is 0.237 e. The highest BCUT2D eigenvalue weighted by Crippen LogP contribution is 2.57. The van der Waals surface area contributed by atoms with Crippen molar-refractivity contribution in [2.75, 3.05) is 19.6 Å². The van der Waals surface area contributed by atoms with E-state index < -0.39 is 0 Å². The quantitative estimate of drug-likeness (QED) is 0.736. The van der Waals surface area contributed by atoms with Gasteiger partial charge in [-0.15, -0.1) is 0 Å². The van der Waals surface area contributed by atoms with Crippen molar-refractivity contribution < 1.29 is 4.79 Å². The number of hydrogen-bond donors (Lipinski definition) is 0. The Morgan fingerprint density at radius 3 is 2.52 bits per heavy atom. The van der Waals surface area contributed by atoms with Gasteiger partial charge in [0.1, 0.15) is 0 Å². The molecule has 1 saturated heterocycles. The van der Waals surface area contributed by atoms with Crippen molar-refractivity contribution in [1.29, 1.82) is 5.26 Å². The van der Waals surface area contributed by atoms with Crippen LogP contribution >= 0.6 is 0 Å². The van der Waals surface area contributed by atoms with Gasteiger partial charge >= 0.3 is 0 Å². The molecule has 0 aromatic carbocycles. The lowest BCUT2D eigenvalue weighted by Crippen LogP contribution is -2.62. The molecule has 29 heavy (non-hydrogen) atoms. The third kappa shape index (κ3) is 3.40. The van der Waals surface area contributed by atoms with Crippen LogP contribution in [0.2, 0.25) is 0 Å². The fourth-order valence-electron chi connectivity index (χ4n) is 7.61. The Bertz CT molecular complexity index is 771. The second kappa shape index (κ2) is 7.47. The summed E-state index contributed by atoms with van der Waals surface area (Å²) in [5.74, 6) is 2.69. The number of nitriles is 1. The van der Waals surface area contributed by atoms with E-state index in [0.717, 1.165) is 37.1 Å². The fraction of sp³-hybridized carbons (Fsp3) is 0.750. The summed E-state index contributed by atoms with van der Waals surface area (Å²) in [7, 11) is 2.10. The van der Waals surface area contributed by atoms with E-state index in [-0.39, 0.29) is 11.4 Å². The van der Waals surface area contributed by atoms with E-state index in [1.54, 1.807) is 0 Å². The van der Waals surface area contributed by atoms with Crippen molar-refractivity contribution in [3.8, 4) is 6.07 Å². The lowest BCUT2D eigenvalue weighted by Gasteiger charge is -2.60. The van der Waals surface area contributed by atoms with E-state index in [1.807, 2.05) is 0 Å². The predicted octanol–water partition coefficient (Wildman–Crippen LogP) is 3.87. The van der Waals surface area contributed by atoms with Crippen LogP contribution < -0.4 is 0 Å². The molecule has 6 rings (SSSR count). The molecule has 0 N–H and O–H groups in total. The lowest BCUT2D eigenvalue weighted by molar-refractivity contribution is -0.152. The molecular weight excluding hydrogens is 360 g/mol. The second-order valence-corrected chi connectivity index (χ2v) is 10.3. The van der Waals surface area contributed by atoms with Gasteiger partial charge in [-0.3, -0.25) is 9.69 Å². The SMILES string of the molecule is Cn1cccc1[C@@H]1CCCN1CC(=O)N(CCC#N)C12CC3CC(CC(C3)C1)C2. The molecule has 0 radical (unpaired) electrons. The highest BCUT2D eigenvalue weighted by molar-refractivity contribution is 5.79. The highest BCUT2D eigenvalue weighted by atomic mass is 16.2. The molecule has 1 aromatic rings. The van der Waals surface area contributed by atoms with Crippen LogP contribution in [0.15, 0.2) is 18.3 Å². The predicted molar refractivity (Wildman–Crippen MR) is 112 cm³/mol. The number of carbonyl (C=O) groups excluding carboxylic acids is 1. The summed E-state index contributed by atoms with van der Waals surface area (Å²) >= 11 is 0. The maximum atomic E-state index is 13.7. The molecule has 1 aromatic heterocycles. The number of hydrogen-bond acceptors (Lipinski definition) is 3. The van der Waals surface area contributed by atoms with Crippen molar-refractivity contribution in [2.24, 2.45) is 24.8 Å². The van der Waals surface area contributed by atoms with Gasteiger partial charge < -0.3 is 9.47 Å². The van der Waals surface area contributed by atoms with E-state index in [9.17, 15) is 10.1 Å². The van der Waals surface area contributed by atoms with Gasteiger partial charge in [-0.2, -0.15) is 5.26 Å². The van der Waals surface area contributed by atoms with Crippen molar-refractivity contribution in [2.45, 2.75) is 69.4 Å². The number of aryl methyl sites for hydroxylation is 1. The normalized spacial score (nSPS) is 35.7. The largest absolute Gasteiger partial charge is 0.353 e. The van der Waals surface area contributed by atoms with Gasteiger partial charge in [0, 0.05) is 31.0 Å². The van der Waals surface area contributed by atoms with E-state index in [1.165, 1.54) is 44.2 Å². The minimum atomic E-state index is 0.0445. The molecule has 0 spiro atoms. The maximum absolute atomic E-state index is 13.7. The summed E-state index contributed by atoms with van der Waals surface area (Å²) in [6.45, 7) is 2.11. The summed E-state index contributed by atoms with van der Waals surface area (Å²) in [6.07, 6.45) is 12.5. The Balaban J connectivity index is 1.35. The maximum Gasteiger partial charge on any atom is 0.237 e. The van der Waals surface area contributed by atoms with Crippen LogP contribution in [-0.4, -0.2) is 45.4 Å². The van der Waals surface area contributed by atoms with Crippen molar-refractivity contribution in [1.82, 2.24) is 14.4 Å². The molecule has 2 heterocycles. The standard InChI is InChI=1S/C24H34N4O/c1-26-8-2-5-21(26)22-6-3-9-27(22)17-23(29)28(10-4-7-25)24-14-18-11-19(15-24)13-20(12-18)16-24/h2,5,8,18-20,22H,3-4,6,9-17H2,1H3/t18?,19?,20?,22-,24?/m0/s1. The van der Waals surface area contributed by atoms with Gasteiger partial charge in [0.2, 0.25) is 5.91 Å². The first-order valence-corrected chi connectivity index (χ1v) is 11.6. The van der Waals surface area contributed by atoms with Crippen LogP contribution in [0.5, 0.6) is 0 Å². The van der Waals surface area contributed by atoms with Gasteiger partial charge in [-0.25, -0.2) is 0 Å². The summed E-state index contributed by atoms with van der Waals surface area (Å²) in [5, 5.41) is 9.26. The molecule has 1 atom stereocenters. The van der Waals surface area contributed by atoms with Crippen LogP contribution in [0.3, 0.4) is 0 Å². The first-order valence-electron chi connectivity index (χ1n) is 11.6. The van der Waals surface area contributed by atoms with Crippen molar-refractivity contribution in [3.63, 3.8) is 0 Å². The van der Waals surface area contributed by atoms with Gasteiger partial charge in [-0.05, 0) is 87.8 Å². The van der Waals surface area contributed by atoms with Gasteiger partial charge in [0.15, 0.2) is 0 Å². The van der Waals surface area contributed by atoms with E-state index in [0.29, 0.717) is 25.6 Å². The molecule has 0 unspecified atom stereocenters. The summed E-state index contributed by atoms with van der Waals surface area (Å²) in [5.41, 5.74) is 1.36. The number of rotatable bonds is 6. The zero-order valence-electron chi connectivity index (χ0n) is 17.7. The molecule has 5 heteroatoms. The molecule has 1 aliphatic heterocycles. The Hall–Kier alpha value is -1.80. The molecule has 1 amide bonds. The Labute approximate surface area is 174 Å². The first-order chi connectivity index (χ1) is 14.1. The van der Waals surface area contributed by atoms with Crippen LogP contribution in [0.25, 0.3) is 0 Å². The van der Waals surface area contributed by atoms with Crippen LogP contribution in [-0.2, 0) is 11.8 Å². The lowest BCUT2D eigenvalue weighted by atomic mass is 9.52. The van der Waals surface area contributed by atoms with E-state index in [4.69, 9.17) is 0 Å². The Kier molecular flexibility index (Phi) is 4.94.